The zero-order valence-electron chi connectivity index (χ0n) is 16.9. The Morgan fingerprint density at radius 2 is 1.64 bits per heavy atom. The van der Waals surface area contributed by atoms with E-state index in [9.17, 15) is 22.4 Å². The van der Waals surface area contributed by atoms with Crippen molar-refractivity contribution in [1.82, 2.24) is 10.9 Å². The fourth-order valence-electron chi connectivity index (χ4n) is 2.97. The highest BCUT2D eigenvalue weighted by Crippen LogP contribution is 2.30. The number of rotatable bonds is 5. The molecule has 1 unspecified atom stereocenters. The lowest BCUT2D eigenvalue weighted by atomic mass is 10.2. The minimum atomic E-state index is -4.16. The van der Waals surface area contributed by atoms with E-state index < -0.39 is 33.8 Å². The highest BCUT2D eigenvalue weighted by molar-refractivity contribution is 7.92. The van der Waals surface area contributed by atoms with Gasteiger partial charge in [-0.3, -0.25) is 25.2 Å². The van der Waals surface area contributed by atoms with Gasteiger partial charge in [0.25, 0.3) is 21.8 Å². The highest BCUT2D eigenvalue weighted by Gasteiger charge is 2.27. The van der Waals surface area contributed by atoms with Crippen molar-refractivity contribution in [2.45, 2.75) is 11.0 Å². The first-order valence-corrected chi connectivity index (χ1v) is 11.2. The summed E-state index contributed by atoms with van der Waals surface area (Å²) in [5, 5.41) is 0. The number of nitrogens with one attached hydrogen (secondary N) is 3. The Kier molecular flexibility index (Phi) is 6.13. The van der Waals surface area contributed by atoms with Gasteiger partial charge in [0.05, 0.1) is 10.6 Å². The first kappa shape index (κ1) is 22.1. The van der Waals surface area contributed by atoms with Gasteiger partial charge in [-0.2, -0.15) is 0 Å². The van der Waals surface area contributed by atoms with Crippen LogP contribution in [0.4, 0.5) is 10.1 Å². The predicted molar refractivity (Wildman–Crippen MR) is 116 cm³/mol. The van der Waals surface area contributed by atoms with E-state index in [-0.39, 0.29) is 22.8 Å². The van der Waals surface area contributed by atoms with Gasteiger partial charge in [-0.05, 0) is 42.5 Å². The van der Waals surface area contributed by atoms with Crippen LogP contribution in [-0.2, 0) is 14.8 Å². The molecule has 1 aliphatic heterocycles. The van der Waals surface area contributed by atoms with E-state index in [1.807, 2.05) is 0 Å². The molecule has 0 saturated heterocycles. The van der Waals surface area contributed by atoms with Gasteiger partial charge in [0.1, 0.15) is 12.4 Å². The van der Waals surface area contributed by atoms with Gasteiger partial charge in [-0.1, -0.05) is 30.3 Å². The number of amides is 2. The predicted octanol–water partition coefficient (Wildman–Crippen LogP) is 2.23. The largest absolute Gasteiger partial charge is 0.485 e. The Balaban J connectivity index is 1.40. The topological polar surface area (TPSA) is 123 Å². The summed E-state index contributed by atoms with van der Waals surface area (Å²) in [6, 6.07) is 17.2. The van der Waals surface area contributed by atoms with Crippen LogP contribution in [0.25, 0.3) is 0 Å². The number of sulfonamides is 1. The molecule has 1 atom stereocenters. The molecule has 11 heteroatoms. The van der Waals surface area contributed by atoms with Crippen LogP contribution in [0, 0.1) is 5.82 Å². The Labute approximate surface area is 188 Å². The third kappa shape index (κ3) is 5.04. The summed E-state index contributed by atoms with van der Waals surface area (Å²) in [5.74, 6) is -1.25. The molecule has 0 spiro atoms. The van der Waals surface area contributed by atoms with Crippen molar-refractivity contribution < 1.29 is 31.9 Å². The molecule has 170 valence electrons. The molecule has 0 fully saturated rings. The molecular weight excluding hydrogens is 453 g/mol. The van der Waals surface area contributed by atoms with Crippen molar-refractivity contribution in [2.24, 2.45) is 0 Å². The number of hydrogen-bond donors (Lipinski definition) is 3. The number of carbonyl (C=O) groups excluding carboxylic acids is 2. The van der Waals surface area contributed by atoms with Gasteiger partial charge in [-0.25, -0.2) is 12.8 Å². The quantitative estimate of drug-likeness (QED) is 0.491. The van der Waals surface area contributed by atoms with Gasteiger partial charge in [-0.15, -0.1) is 0 Å². The summed E-state index contributed by atoms with van der Waals surface area (Å²) >= 11 is 0. The van der Waals surface area contributed by atoms with E-state index in [0.29, 0.717) is 11.5 Å². The molecule has 33 heavy (non-hydrogen) atoms. The lowest BCUT2D eigenvalue weighted by Crippen LogP contribution is -2.50. The molecule has 0 aliphatic carbocycles. The van der Waals surface area contributed by atoms with E-state index in [1.54, 1.807) is 24.3 Å². The fourth-order valence-corrected chi connectivity index (χ4v) is 4.08. The second-order valence-electron chi connectivity index (χ2n) is 6.92. The summed E-state index contributed by atoms with van der Waals surface area (Å²) in [7, 11) is -4.16. The first-order valence-electron chi connectivity index (χ1n) is 9.69. The molecule has 0 radical (unpaired) electrons. The lowest BCUT2D eigenvalue weighted by molar-refractivity contribution is -0.131. The molecule has 4 rings (SSSR count). The number of para-hydroxylation sites is 3. The van der Waals surface area contributed by atoms with Crippen molar-refractivity contribution in [3.63, 3.8) is 0 Å². The normalized spacial score (nSPS) is 14.8. The number of fused-ring (bicyclic) bond motifs is 1. The van der Waals surface area contributed by atoms with Crippen molar-refractivity contribution >= 4 is 27.5 Å². The SMILES string of the molecule is O=C(NNC(=O)C1COc2ccccc2O1)c1cccc(S(=O)(=O)Nc2ccccc2F)c1. The van der Waals surface area contributed by atoms with Gasteiger partial charge >= 0.3 is 0 Å². The molecule has 0 aromatic heterocycles. The minimum absolute atomic E-state index is 0.0436. The van der Waals surface area contributed by atoms with E-state index in [2.05, 4.69) is 15.6 Å². The minimum Gasteiger partial charge on any atom is -0.485 e. The molecular formula is C22H18FN3O6S. The average Bonchev–Trinajstić information content (AvgIpc) is 2.83. The Hall–Kier alpha value is -4.12. The summed E-state index contributed by atoms with van der Waals surface area (Å²) < 4.78 is 52.1. The number of ether oxygens (including phenoxy) is 2. The maximum Gasteiger partial charge on any atom is 0.283 e. The number of hydrazine groups is 1. The summed E-state index contributed by atoms with van der Waals surface area (Å²) in [6.07, 6.45) is -0.989. The number of benzene rings is 3. The number of carbonyl (C=O) groups is 2. The van der Waals surface area contributed by atoms with Crippen molar-refractivity contribution in [2.75, 3.05) is 11.3 Å². The fraction of sp³-hybridized carbons (Fsp3) is 0.0909. The number of halogens is 1. The average molecular weight is 471 g/mol. The second-order valence-corrected chi connectivity index (χ2v) is 8.60. The molecule has 0 bridgehead atoms. The standard InChI is InChI=1S/C22H18FN3O6S/c23-16-8-1-2-9-17(16)26-33(29,30)15-7-5-6-14(12-15)21(27)24-25-22(28)20-13-31-18-10-3-4-11-19(18)32-20/h1-12,20,26H,13H2,(H,24,27)(H,25,28). The molecule has 3 aromatic carbocycles. The Morgan fingerprint density at radius 1 is 0.909 bits per heavy atom. The lowest BCUT2D eigenvalue weighted by Gasteiger charge is -2.25. The zero-order chi connectivity index (χ0) is 23.4. The maximum absolute atomic E-state index is 13.8. The summed E-state index contributed by atoms with van der Waals surface area (Å²) in [5.41, 5.74) is 4.17. The van der Waals surface area contributed by atoms with Crippen molar-refractivity contribution in [3.8, 4) is 11.5 Å². The van der Waals surface area contributed by atoms with E-state index in [1.165, 1.54) is 36.4 Å². The Morgan fingerprint density at radius 3 is 2.42 bits per heavy atom. The van der Waals surface area contributed by atoms with Gasteiger partial charge in [0, 0.05) is 5.56 Å². The van der Waals surface area contributed by atoms with Crippen molar-refractivity contribution in [3.05, 3.63) is 84.2 Å². The van der Waals surface area contributed by atoms with Crippen LogP contribution in [0.2, 0.25) is 0 Å². The number of hydrogen-bond acceptors (Lipinski definition) is 6. The van der Waals surface area contributed by atoms with Crippen LogP contribution in [0.15, 0.2) is 77.7 Å². The van der Waals surface area contributed by atoms with Crippen LogP contribution in [0.5, 0.6) is 11.5 Å². The van der Waals surface area contributed by atoms with Gasteiger partial charge in [0.2, 0.25) is 6.10 Å². The van der Waals surface area contributed by atoms with E-state index in [0.717, 1.165) is 12.1 Å². The first-order chi connectivity index (χ1) is 15.8. The maximum atomic E-state index is 13.8. The zero-order valence-corrected chi connectivity index (χ0v) is 17.8. The molecule has 3 N–H and O–H groups in total. The number of anilines is 1. The highest BCUT2D eigenvalue weighted by atomic mass is 32.2. The molecule has 1 aliphatic rings. The second kappa shape index (κ2) is 9.17. The molecule has 0 saturated carbocycles. The monoisotopic (exact) mass is 471 g/mol. The van der Waals surface area contributed by atoms with E-state index >= 15 is 0 Å². The van der Waals surface area contributed by atoms with Crippen LogP contribution in [0.1, 0.15) is 10.4 Å². The molecule has 1 heterocycles. The Bertz CT molecular complexity index is 1310. The summed E-state index contributed by atoms with van der Waals surface area (Å²) in [6.45, 7) is -0.0475. The van der Waals surface area contributed by atoms with E-state index in [4.69, 9.17) is 9.47 Å². The molecule has 3 aromatic rings. The van der Waals surface area contributed by atoms with Crippen LogP contribution < -0.4 is 25.0 Å². The van der Waals surface area contributed by atoms with Crippen molar-refractivity contribution in [1.29, 1.82) is 0 Å². The third-order valence-corrected chi connectivity index (χ3v) is 5.99. The third-order valence-electron chi connectivity index (χ3n) is 4.62. The van der Waals surface area contributed by atoms with Crippen LogP contribution in [0.3, 0.4) is 0 Å². The molecule has 9 nitrogen and oxygen atoms in total. The van der Waals surface area contributed by atoms with Gasteiger partial charge in [0.15, 0.2) is 11.5 Å². The van der Waals surface area contributed by atoms with Gasteiger partial charge < -0.3 is 9.47 Å². The van der Waals surface area contributed by atoms with Crippen LogP contribution in [-0.4, -0.2) is 32.9 Å². The summed E-state index contributed by atoms with van der Waals surface area (Å²) in [4.78, 5) is 24.5. The smallest absolute Gasteiger partial charge is 0.283 e. The molecule has 2 amide bonds. The van der Waals surface area contributed by atoms with Crippen LogP contribution >= 0.6 is 0 Å².